The molecule has 1 fully saturated rings. The molecular weight excluding hydrogens is 152 g/mol. The Morgan fingerprint density at radius 1 is 1.58 bits per heavy atom. The second-order valence-corrected chi connectivity index (χ2v) is 3.63. The molecule has 1 saturated heterocycles. The number of aliphatic hydroxyl groups excluding tert-OH is 1. The van der Waals surface area contributed by atoms with Crippen molar-refractivity contribution in [3.8, 4) is 0 Å². The highest BCUT2D eigenvalue weighted by molar-refractivity contribution is 4.65. The largest absolute Gasteiger partial charge is 0.393 e. The first kappa shape index (κ1) is 10.0. The molecule has 1 N–H and O–H groups in total. The number of hydrogen-bond acceptors (Lipinski definition) is 2. The zero-order valence-corrected chi connectivity index (χ0v) is 7.96. The van der Waals surface area contributed by atoms with Crippen molar-refractivity contribution in [3.05, 3.63) is 0 Å². The van der Waals surface area contributed by atoms with Gasteiger partial charge in [0.05, 0.1) is 12.2 Å². The molecule has 1 rings (SSSR count). The van der Waals surface area contributed by atoms with Crippen LogP contribution in [0.1, 0.15) is 45.4 Å². The summed E-state index contributed by atoms with van der Waals surface area (Å²) >= 11 is 0. The Bertz CT molecular complexity index is 108. The minimum atomic E-state index is -0.0913. The van der Waals surface area contributed by atoms with Gasteiger partial charge in [0.2, 0.25) is 0 Å². The molecule has 12 heavy (non-hydrogen) atoms. The Balaban J connectivity index is 1.94. The molecule has 1 heterocycles. The van der Waals surface area contributed by atoms with Crippen molar-refractivity contribution in [3.63, 3.8) is 0 Å². The Morgan fingerprint density at radius 2 is 2.42 bits per heavy atom. The summed E-state index contributed by atoms with van der Waals surface area (Å²) < 4.78 is 5.49. The summed E-state index contributed by atoms with van der Waals surface area (Å²) in [6.07, 6.45) is 6.92. The Kier molecular flexibility index (Phi) is 4.62. The Morgan fingerprint density at radius 3 is 3.00 bits per heavy atom. The van der Waals surface area contributed by atoms with Crippen LogP contribution in [0.15, 0.2) is 0 Å². The average Bonchev–Trinajstić information content (AvgIpc) is 2.57. The first-order chi connectivity index (χ1) is 5.83. The van der Waals surface area contributed by atoms with Gasteiger partial charge in [0.25, 0.3) is 0 Å². The summed E-state index contributed by atoms with van der Waals surface area (Å²) in [6, 6.07) is 0. The molecule has 2 atom stereocenters. The van der Waals surface area contributed by atoms with Crippen molar-refractivity contribution in [2.75, 3.05) is 6.61 Å². The zero-order chi connectivity index (χ0) is 8.81. The van der Waals surface area contributed by atoms with E-state index in [9.17, 15) is 5.11 Å². The van der Waals surface area contributed by atoms with E-state index in [0.717, 1.165) is 32.3 Å². The fourth-order valence-electron chi connectivity index (χ4n) is 1.66. The molecule has 0 spiro atoms. The Labute approximate surface area is 74.9 Å². The standard InChI is InChI=1S/C10H20O2/c1-2-9(11)5-3-6-10-7-4-8-12-10/h9-11H,2-8H2,1H3. The van der Waals surface area contributed by atoms with Crippen LogP contribution in [0.25, 0.3) is 0 Å². The number of rotatable bonds is 5. The smallest absolute Gasteiger partial charge is 0.0576 e. The lowest BCUT2D eigenvalue weighted by atomic mass is 10.1. The van der Waals surface area contributed by atoms with Gasteiger partial charge in [0.15, 0.2) is 0 Å². The molecular formula is C10H20O2. The third kappa shape index (κ3) is 3.55. The van der Waals surface area contributed by atoms with E-state index in [0.29, 0.717) is 6.10 Å². The van der Waals surface area contributed by atoms with E-state index in [1.807, 2.05) is 6.92 Å². The second kappa shape index (κ2) is 5.55. The van der Waals surface area contributed by atoms with Gasteiger partial charge in [-0.25, -0.2) is 0 Å². The van der Waals surface area contributed by atoms with Crippen molar-refractivity contribution in [2.24, 2.45) is 0 Å². The van der Waals surface area contributed by atoms with Gasteiger partial charge in [-0.1, -0.05) is 6.92 Å². The van der Waals surface area contributed by atoms with E-state index in [1.54, 1.807) is 0 Å². The fraction of sp³-hybridized carbons (Fsp3) is 1.00. The van der Waals surface area contributed by atoms with Crippen molar-refractivity contribution >= 4 is 0 Å². The quantitative estimate of drug-likeness (QED) is 0.688. The summed E-state index contributed by atoms with van der Waals surface area (Å²) in [4.78, 5) is 0. The summed E-state index contributed by atoms with van der Waals surface area (Å²) in [5.41, 5.74) is 0. The predicted octanol–water partition coefficient (Wildman–Crippen LogP) is 2.11. The molecule has 2 nitrogen and oxygen atoms in total. The van der Waals surface area contributed by atoms with Crippen LogP contribution in [0.4, 0.5) is 0 Å². The van der Waals surface area contributed by atoms with Crippen LogP contribution in [0.3, 0.4) is 0 Å². The molecule has 0 aromatic rings. The molecule has 0 bridgehead atoms. The minimum absolute atomic E-state index is 0.0913. The highest BCUT2D eigenvalue weighted by atomic mass is 16.5. The Hall–Kier alpha value is -0.0800. The van der Waals surface area contributed by atoms with E-state index < -0.39 is 0 Å². The third-order valence-electron chi connectivity index (χ3n) is 2.56. The number of ether oxygens (including phenoxy) is 1. The lowest BCUT2D eigenvalue weighted by Crippen LogP contribution is -2.08. The highest BCUT2D eigenvalue weighted by Gasteiger charge is 2.14. The van der Waals surface area contributed by atoms with E-state index in [2.05, 4.69) is 0 Å². The van der Waals surface area contributed by atoms with Gasteiger partial charge < -0.3 is 9.84 Å². The monoisotopic (exact) mass is 172 g/mol. The first-order valence-electron chi connectivity index (χ1n) is 5.12. The van der Waals surface area contributed by atoms with Crippen LogP contribution < -0.4 is 0 Å². The van der Waals surface area contributed by atoms with Gasteiger partial charge in [-0.2, -0.15) is 0 Å². The SMILES string of the molecule is CCC(O)CCCC1CCCO1. The van der Waals surface area contributed by atoms with Gasteiger partial charge in [-0.15, -0.1) is 0 Å². The maximum absolute atomic E-state index is 9.29. The van der Waals surface area contributed by atoms with Crippen LogP contribution in [0, 0.1) is 0 Å². The maximum Gasteiger partial charge on any atom is 0.0576 e. The molecule has 0 aliphatic carbocycles. The highest BCUT2D eigenvalue weighted by Crippen LogP contribution is 2.18. The normalized spacial score (nSPS) is 26.0. The number of hydrogen-bond donors (Lipinski definition) is 1. The predicted molar refractivity (Wildman–Crippen MR) is 49.1 cm³/mol. The molecule has 72 valence electrons. The van der Waals surface area contributed by atoms with E-state index >= 15 is 0 Å². The van der Waals surface area contributed by atoms with Crippen LogP contribution in [-0.2, 0) is 4.74 Å². The van der Waals surface area contributed by atoms with Crippen LogP contribution in [0.5, 0.6) is 0 Å². The lowest BCUT2D eigenvalue weighted by molar-refractivity contribution is 0.0940. The second-order valence-electron chi connectivity index (χ2n) is 3.63. The average molecular weight is 172 g/mol. The van der Waals surface area contributed by atoms with Gasteiger partial charge in [-0.05, 0) is 38.5 Å². The van der Waals surface area contributed by atoms with Gasteiger partial charge in [-0.3, -0.25) is 0 Å². The molecule has 1 aliphatic heterocycles. The molecule has 0 aromatic heterocycles. The van der Waals surface area contributed by atoms with Crippen molar-refractivity contribution in [1.82, 2.24) is 0 Å². The topological polar surface area (TPSA) is 29.5 Å². The fourth-order valence-corrected chi connectivity index (χ4v) is 1.66. The van der Waals surface area contributed by atoms with Crippen LogP contribution >= 0.6 is 0 Å². The molecule has 2 unspecified atom stereocenters. The van der Waals surface area contributed by atoms with Crippen LogP contribution in [-0.4, -0.2) is 23.9 Å². The maximum atomic E-state index is 9.29. The van der Waals surface area contributed by atoms with Crippen molar-refractivity contribution in [1.29, 1.82) is 0 Å². The molecule has 0 aromatic carbocycles. The number of aliphatic hydroxyl groups is 1. The molecule has 0 radical (unpaired) electrons. The molecule has 0 saturated carbocycles. The van der Waals surface area contributed by atoms with Crippen molar-refractivity contribution in [2.45, 2.75) is 57.7 Å². The van der Waals surface area contributed by atoms with Crippen LogP contribution in [0.2, 0.25) is 0 Å². The summed E-state index contributed by atoms with van der Waals surface area (Å²) in [5.74, 6) is 0. The zero-order valence-electron chi connectivity index (χ0n) is 7.96. The summed E-state index contributed by atoms with van der Waals surface area (Å²) in [6.45, 7) is 2.97. The van der Waals surface area contributed by atoms with Gasteiger partial charge >= 0.3 is 0 Å². The van der Waals surface area contributed by atoms with Crippen molar-refractivity contribution < 1.29 is 9.84 Å². The summed E-state index contributed by atoms with van der Waals surface area (Å²) in [7, 11) is 0. The molecule has 0 amide bonds. The van der Waals surface area contributed by atoms with Gasteiger partial charge in [0.1, 0.15) is 0 Å². The van der Waals surface area contributed by atoms with E-state index in [4.69, 9.17) is 4.74 Å². The summed E-state index contributed by atoms with van der Waals surface area (Å²) in [5, 5.41) is 9.29. The van der Waals surface area contributed by atoms with Gasteiger partial charge in [0, 0.05) is 6.61 Å². The minimum Gasteiger partial charge on any atom is -0.393 e. The molecule has 2 heteroatoms. The first-order valence-corrected chi connectivity index (χ1v) is 5.12. The molecule has 1 aliphatic rings. The third-order valence-corrected chi connectivity index (χ3v) is 2.56. The lowest BCUT2D eigenvalue weighted by Gasteiger charge is -2.10. The van der Waals surface area contributed by atoms with E-state index in [-0.39, 0.29) is 6.10 Å². The van der Waals surface area contributed by atoms with E-state index in [1.165, 1.54) is 12.8 Å².